The third kappa shape index (κ3) is 2.74. The van der Waals surface area contributed by atoms with Gasteiger partial charge in [-0.25, -0.2) is 0 Å². The highest BCUT2D eigenvalue weighted by Crippen LogP contribution is 2.31. The molecule has 2 rings (SSSR count). The number of hydrogen-bond acceptors (Lipinski definition) is 3. The lowest BCUT2D eigenvalue weighted by Crippen LogP contribution is -2.63. The summed E-state index contributed by atoms with van der Waals surface area (Å²) >= 11 is 0. The lowest BCUT2D eigenvalue weighted by Gasteiger charge is -2.45. The third-order valence-corrected chi connectivity index (χ3v) is 3.67. The highest BCUT2D eigenvalue weighted by atomic mass is 16.5. The smallest absolute Gasteiger partial charge is 0.306 e. The van der Waals surface area contributed by atoms with Crippen molar-refractivity contribution in [3.63, 3.8) is 0 Å². The molecule has 0 bridgehead atoms. The highest BCUT2D eigenvalue weighted by Gasteiger charge is 2.42. The number of nitrogens with one attached hydrogen (secondary N) is 1. The van der Waals surface area contributed by atoms with E-state index in [4.69, 9.17) is 9.84 Å². The van der Waals surface area contributed by atoms with Crippen LogP contribution in [0, 0.1) is 5.92 Å². The Morgan fingerprint density at radius 1 is 1.50 bits per heavy atom. The Bertz CT molecular complexity index is 263. The molecule has 2 aliphatic rings. The largest absolute Gasteiger partial charge is 0.481 e. The lowest BCUT2D eigenvalue weighted by atomic mass is 9.86. The first kappa shape index (κ1) is 11.9. The minimum absolute atomic E-state index is 0.130. The van der Waals surface area contributed by atoms with E-state index in [1.807, 2.05) is 0 Å². The van der Waals surface area contributed by atoms with E-state index < -0.39 is 11.6 Å². The molecule has 0 amide bonds. The van der Waals surface area contributed by atoms with Gasteiger partial charge in [-0.2, -0.15) is 0 Å². The fourth-order valence-electron chi connectivity index (χ4n) is 2.77. The van der Waals surface area contributed by atoms with Gasteiger partial charge in [0.1, 0.15) is 5.60 Å². The van der Waals surface area contributed by atoms with Crippen molar-refractivity contribution >= 4 is 5.97 Å². The van der Waals surface area contributed by atoms with Crippen LogP contribution in [-0.2, 0) is 9.53 Å². The molecule has 0 spiro atoms. The molecule has 2 unspecified atom stereocenters. The first-order chi connectivity index (χ1) is 7.60. The number of carbonyl (C=O) groups is 1. The van der Waals surface area contributed by atoms with Crippen LogP contribution >= 0.6 is 0 Å². The minimum atomic E-state index is -0.759. The summed E-state index contributed by atoms with van der Waals surface area (Å²) in [5, 5.41) is 12.0. The Morgan fingerprint density at radius 2 is 2.25 bits per heavy atom. The van der Waals surface area contributed by atoms with E-state index in [0.29, 0.717) is 19.0 Å². The second-order valence-corrected chi connectivity index (χ2v) is 5.37. The summed E-state index contributed by atoms with van der Waals surface area (Å²) < 4.78 is 6.05. The molecule has 16 heavy (non-hydrogen) atoms. The summed E-state index contributed by atoms with van der Waals surface area (Å²) in [7, 11) is 0. The zero-order valence-corrected chi connectivity index (χ0v) is 9.87. The first-order valence-corrected chi connectivity index (χ1v) is 6.20. The molecular weight excluding hydrogens is 206 g/mol. The summed E-state index contributed by atoms with van der Waals surface area (Å²) in [6.45, 7) is 3.62. The Labute approximate surface area is 96.4 Å². The van der Waals surface area contributed by atoms with Gasteiger partial charge in [0.15, 0.2) is 0 Å². The Kier molecular flexibility index (Phi) is 3.50. The zero-order valence-electron chi connectivity index (χ0n) is 9.87. The molecule has 4 heteroatoms. The van der Waals surface area contributed by atoms with Crippen LogP contribution in [0.4, 0.5) is 0 Å². The average molecular weight is 227 g/mol. The van der Waals surface area contributed by atoms with Crippen molar-refractivity contribution in [3.8, 4) is 0 Å². The summed E-state index contributed by atoms with van der Waals surface area (Å²) in [5.41, 5.74) is -0.423. The van der Waals surface area contributed by atoms with E-state index in [1.54, 1.807) is 0 Å². The molecule has 0 aromatic rings. The molecule has 1 saturated carbocycles. The van der Waals surface area contributed by atoms with Gasteiger partial charge >= 0.3 is 5.97 Å². The van der Waals surface area contributed by atoms with Crippen molar-refractivity contribution < 1.29 is 14.6 Å². The molecule has 2 N–H and O–H groups in total. The molecule has 2 fully saturated rings. The van der Waals surface area contributed by atoms with Crippen molar-refractivity contribution in [1.82, 2.24) is 5.32 Å². The number of carboxylic acids is 1. The molecule has 1 aliphatic heterocycles. The van der Waals surface area contributed by atoms with Crippen LogP contribution in [0.3, 0.4) is 0 Å². The van der Waals surface area contributed by atoms with Gasteiger partial charge in [0.25, 0.3) is 0 Å². The zero-order chi connectivity index (χ0) is 11.6. The second-order valence-electron chi connectivity index (χ2n) is 5.37. The van der Waals surface area contributed by atoms with Gasteiger partial charge < -0.3 is 15.2 Å². The van der Waals surface area contributed by atoms with Gasteiger partial charge in [0.2, 0.25) is 0 Å². The summed E-state index contributed by atoms with van der Waals surface area (Å²) in [6.07, 6.45) is 5.06. The van der Waals surface area contributed by atoms with Crippen LogP contribution in [0.2, 0.25) is 0 Å². The summed E-state index contributed by atoms with van der Waals surface area (Å²) in [4.78, 5) is 10.8. The van der Waals surface area contributed by atoms with Crippen LogP contribution in [0.25, 0.3) is 0 Å². The fourth-order valence-corrected chi connectivity index (χ4v) is 2.77. The minimum Gasteiger partial charge on any atom is -0.481 e. The Morgan fingerprint density at radius 3 is 2.75 bits per heavy atom. The molecule has 1 heterocycles. The molecule has 92 valence electrons. The van der Waals surface area contributed by atoms with Gasteiger partial charge in [0.05, 0.1) is 12.5 Å². The normalized spacial score (nSPS) is 33.1. The van der Waals surface area contributed by atoms with Gasteiger partial charge in [-0.15, -0.1) is 0 Å². The maximum Gasteiger partial charge on any atom is 0.306 e. The maximum absolute atomic E-state index is 10.8. The molecule has 2 atom stereocenters. The van der Waals surface area contributed by atoms with Crippen molar-refractivity contribution in [2.45, 2.75) is 50.7 Å². The third-order valence-electron chi connectivity index (χ3n) is 3.67. The summed E-state index contributed by atoms with van der Waals surface area (Å²) in [6, 6.07) is 0. The molecular formula is C12H21NO3. The van der Waals surface area contributed by atoms with Crippen LogP contribution < -0.4 is 5.32 Å². The van der Waals surface area contributed by atoms with Crippen molar-refractivity contribution in [1.29, 1.82) is 0 Å². The summed E-state index contributed by atoms with van der Waals surface area (Å²) in [5.74, 6) is -0.0426. The Hall–Kier alpha value is -0.610. The molecule has 1 saturated heterocycles. The van der Waals surface area contributed by atoms with E-state index in [9.17, 15) is 4.79 Å². The molecule has 0 aromatic carbocycles. The average Bonchev–Trinajstić information content (AvgIpc) is 2.13. The van der Waals surface area contributed by atoms with E-state index in [-0.39, 0.29) is 12.5 Å². The van der Waals surface area contributed by atoms with Gasteiger partial charge in [0, 0.05) is 13.1 Å². The topological polar surface area (TPSA) is 58.6 Å². The predicted octanol–water partition coefficient (Wildman–Crippen LogP) is 1.40. The van der Waals surface area contributed by atoms with Gasteiger partial charge in [-0.1, -0.05) is 19.8 Å². The fraction of sp³-hybridized carbons (Fsp3) is 0.917. The van der Waals surface area contributed by atoms with Crippen LogP contribution in [0.5, 0.6) is 0 Å². The van der Waals surface area contributed by atoms with E-state index in [1.165, 1.54) is 12.8 Å². The predicted molar refractivity (Wildman–Crippen MR) is 60.4 cm³/mol. The number of aliphatic carboxylic acids is 1. The van der Waals surface area contributed by atoms with Crippen LogP contribution in [0.1, 0.15) is 39.0 Å². The van der Waals surface area contributed by atoms with E-state index >= 15 is 0 Å². The highest BCUT2D eigenvalue weighted by molar-refractivity contribution is 5.68. The number of hydrogen-bond donors (Lipinski definition) is 2. The Balaban J connectivity index is 1.88. The first-order valence-electron chi connectivity index (χ1n) is 6.20. The SMILES string of the molecule is CC1CCCC(OC2(CC(=O)O)CNC2)C1. The molecule has 1 aliphatic carbocycles. The monoisotopic (exact) mass is 227 g/mol. The lowest BCUT2D eigenvalue weighted by molar-refractivity contribution is -0.164. The van der Waals surface area contributed by atoms with Crippen LogP contribution in [0.15, 0.2) is 0 Å². The quantitative estimate of drug-likeness (QED) is 0.762. The second kappa shape index (κ2) is 4.72. The van der Waals surface area contributed by atoms with Crippen LogP contribution in [-0.4, -0.2) is 35.9 Å². The number of ether oxygens (including phenoxy) is 1. The number of rotatable bonds is 4. The van der Waals surface area contributed by atoms with E-state index in [0.717, 1.165) is 12.8 Å². The van der Waals surface area contributed by atoms with E-state index in [2.05, 4.69) is 12.2 Å². The number of carboxylic acid groups (broad SMARTS) is 1. The molecule has 4 nitrogen and oxygen atoms in total. The van der Waals surface area contributed by atoms with Crippen molar-refractivity contribution in [2.75, 3.05) is 13.1 Å². The molecule has 0 aromatic heterocycles. The maximum atomic E-state index is 10.8. The van der Waals surface area contributed by atoms with Gasteiger partial charge in [-0.3, -0.25) is 4.79 Å². The van der Waals surface area contributed by atoms with Crippen molar-refractivity contribution in [3.05, 3.63) is 0 Å². The standard InChI is InChI=1S/C12H21NO3/c1-9-3-2-4-10(5-9)16-12(6-11(14)15)7-13-8-12/h9-10,13H,2-8H2,1H3,(H,14,15). The van der Waals surface area contributed by atoms with Gasteiger partial charge in [-0.05, 0) is 18.8 Å². The molecule has 0 radical (unpaired) electrons. The van der Waals surface area contributed by atoms with Crippen molar-refractivity contribution in [2.24, 2.45) is 5.92 Å².